The predicted octanol–water partition coefficient (Wildman–Crippen LogP) is -0.334. The van der Waals surface area contributed by atoms with E-state index >= 15 is 0 Å². The number of aliphatic hydroxyl groups excluding tert-OH is 1. The van der Waals surface area contributed by atoms with Gasteiger partial charge in [-0.3, -0.25) is 9.59 Å². The fourth-order valence-electron chi connectivity index (χ4n) is 0.611. The largest absolute Gasteiger partial charge is 0.386 e. The van der Waals surface area contributed by atoms with E-state index in [4.69, 9.17) is 5.11 Å². The Balaban J connectivity index is 4.25. The highest BCUT2D eigenvalue weighted by Crippen LogP contribution is 2.11. The van der Waals surface area contributed by atoms with Gasteiger partial charge in [-0.05, 0) is 20.8 Å². The van der Waals surface area contributed by atoms with E-state index in [0.29, 0.717) is 0 Å². The van der Waals surface area contributed by atoms with Crippen molar-refractivity contribution >= 4 is 11.6 Å². The SMILES string of the molecule is CC(=O)C(C)(O)CC(=O)C(C)O. The summed E-state index contributed by atoms with van der Waals surface area (Å²) in [5.74, 6) is -1.01. The minimum Gasteiger partial charge on any atom is -0.386 e. The van der Waals surface area contributed by atoms with Crippen LogP contribution in [-0.4, -0.2) is 33.5 Å². The van der Waals surface area contributed by atoms with Gasteiger partial charge in [-0.1, -0.05) is 0 Å². The number of ketones is 2. The lowest BCUT2D eigenvalue weighted by Crippen LogP contribution is -2.38. The zero-order valence-electron chi connectivity index (χ0n) is 7.50. The molecule has 0 aromatic rings. The molecule has 0 aliphatic heterocycles. The molecule has 0 aliphatic carbocycles. The van der Waals surface area contributed by atoms with Gasteiger partial charge in [0.05, 0.1) is 0 Å². The third kappa shape index (κ3) is 3.11. The Morgan fingerprint density at radius 2 is 1.92 bits per heavy atom. The maximum absolute atomic E-state index is 10.9. The van der Waals surface area contributed by atoms with Crippen LogP contribution in [0.4, 0.5) is 0 Å². The standard InChI is InChI=1S/C8H14O4/c1-5(9)7(11)4-8(3,12)6(2)10/h5,9,12H,4H2,1-3H3. The van der Waals surface area contributed by atoms with Crippen molar-refractivity contribution in [1.29, 1.82) is 0 Å². The number of rotatable bonds is 4. The molecule has 0 rings (SSSR count). The molecule has 70 valence electrons. The number of aliphatic hydroxyl groups is 2. The Bertz CT molecular complexity index is 193. The van der Waals surface area contributed by atoms with Crippen molar-refractivity contribution in [3.05, 3.63) is 0 Å². The Morgan fingerprint density at radius 1 is 1.50 bits per heavy atom. The second-order valence-electron chi connectivity index (χ2n) is 3.15. The van der Waals surface area contributed by atoms with Crippen LogP contribution in [-0.2, 0) is 9.59 Å². The van der Waals surface area contributed by atoms with Crippen LogP contribution in [0.15, 0.2) is 0 Å². The summed E-state index contributed by atoms with van der Waals surface area (Å²) in [6.45, 7) is 3.77. The van der Waals surface area contributed by atoms with Crippen molar-refractivity contribution in [2.24, 2.45) is 0 Å². The molecule has 0 aliphatic rings. The van der Waals surface area contributed by atoms with Gasteiger partial charge < -0.3 is 10.2 Å². The van der Waals surface area contributed by atoms with Gasteiger partial charge in [-0.25, -0.2) is 0 Å². The Kier molecular flexibility index (Phi) is 3.55. The number of carbonyl (C=O) groups is 2. The van der Waals surface area contributed by atoms with Crippen LogP contribution >= 0.6 is 0 Å². The molecular formula is C8H14O4. The zero-order chi connectivity index (χ0) is 9.94. The monoisotopic (exact) mass is 174 g/mol. The summed E-state index contributed by atoms with van der Waals surface area (Å²) in [5, 5.41) is 18.1. The predicted molar refractivity (Wildman–Crippen MR) is 42.6 cm³/mol. The molecule has 2 atom stereocenters. The lowest BCUT2D eigenvalue weighted by atomic mass is 9.94. The first-order valence-corrected chi connectivity index (χ1v) is 3.71. The van der Waals surface area contributed by atoms with Crippen molar-refractivity contribution in [1.82, 2.24) is 0 Å². The maximum atomic E-state index is 10.9. The Morgan fingerprint density at radius 3 is 2.17 bits per heavy atom. The summed E-state index contributed by atoms with van der Waals surface area (Å²) in [6.07, 6.45) is -1.46. The summed E-state index contributed by atoms with van der Waals surface area (Å²) < 4.78 is 0. The van der Waals surface area contributed by atoms with E-state index in [1.165, 1.54) is 20.8 Å². The molecule has 12 heavy (non-hydrogen) atoms. The van der Waals surface area contributed by atoms with Gasteiger partial charge in [-0.15, -0.1) is 0 Å². The van der Waals surface area contributed by atoms with E-state index in [9.17, 15) is 14.7 Å². The highest BCUT2D eigenvalue weighted by atomic mass is 16.3. The second kappa shape index (κ2) is 3.78. The second-order valence-corrected chi connectivity index (χ2v) is 3.15. The molecular weight excluding hydrogens is 160 g/mol. The van der Waals surface area contributed by atoms with E-state index in [-0.39, 0.29) is 6.42 Å². The summed E-state index contributed by atoms with van der Waals surface area (Å²) in [4.78, 5) is 21.6. The quantitative estimate of drug-likeness (QED) is 0.611. The normalized spacial score (nSPS) is 18.1. The van der Waals surface area contributed by atoms with Gasteiger partial charge in [0.2, 0.25) is 0 Å². The van der Waals surface area contributed by atoms with Crippen LogP contribution in [0.2, 0.25) is 0 Å². The van der Waals surface area contributed by atoms with Crippen LogP contribution in [0.1, 0.15) is 27.2 Å². The maximum Gasteiger partial charge on any atom is 0.164 e. The van der Waals surface area contributed by atoms with E-state index < -0.39 is 23.3 Å². The number of Topliss-reactive ketones (excluding diaryl/α,β-unsaturated/α-hetero) is 2. The number of carbonyl (C=O) groups excluding carboxylic acids is 2. The van der Waals surface area contributed by atoms with Gasteiger partial charge in [0.25, 0.3) is 0 Å². The first-order chi connectivity index (χ1) is 5.27. The molecule has 4 heteroatoms. The van der Waals surface area contributed by atoms with Crippen molar-refractivity contribution in [2.45, 2.75) is 38.9 Å². The fraction of sp³-hybridized carbons (Fsp3) is 0.750. The molecule has 0 fully saturated rings. The molecule has 0 aromatic heterocycles. The van der Waals surface area contributed by atoms with Crippen molar-refractivity contribution in [3.8, 4) is 0 Å². The Labute approximate surface area is 71.2 Å². The topological polar surface area (TPSA) is 74.6 Å². The van der Waals surface area contributed by atoms with E-state index in [2.05, 4.69) is 0 Å². The average molecular weight is 174 g/mol. The number of hydrogen-bond donors (Lipinski definition) is 2. The zero-order valence-corrected chi connectivity index (χ0v) is 7.50. The molecule has 0 spiro atoms. The summed E-state index contributed by atoms with van der Waals surface area (Å²) in [5.41, 5.74) is -1.64. The molecule has 0 amide bonds. The van der Waals surface area contributed by atoms with E-state index in [1.807, 2.05) is 0 Å². The summed E-state index contributed by atoms with van der Waals surface area (Å²) in [6, 6.07) is 0. The molecule has 0 heterocycles. The molecule has 0 aromatic carbocycles. The minimum atomic E-state index is -1.64. The molecule has 0 saturated carbocycles. The molecule has 2 unspecified atom stereocenters. The lowest BCUT2D eigenvalue weighted by Gasteiger charge is -2.19. The van der Waals surface area contributed by atoms with Crippen LogP contribution in [0.3, 0.4) is 0 Å². The van der Waals surface area contributed by atoms with Gasteiger partial charge in [0.15, 0.2) is 11.6 Å². The van der Waals surface area contributed by atoms with Gasteiger partial charge >= 0.3 is 0 Å². The van der Waals surface area contributed by atoms with Crippen LogP contribution in [0.25, 0.3) is 0 Å². The van der Waals surface area contributed by atoms with Gasteiger partial charge in [-0.2, -0.15) is 0 Å². The average Bonchev–Trinajstić information content (AvgIpc) is 1.85. The van der Waals surface area contributed by atoms with E-state index in [1.54, 1.807) is 0 Å². The summed E-state index contributed by atoms with van der Waals surface area (Å²) in [7, 11) is 0. The van der Waals surface area contributed by atoms with E-state index in [0.717, 1.165) is 0 Å². The first-order valence-electron chi connectivity index (χ1n) is 3.71. The summed E-state index contributed by atoms with van der Waals surface area (Å²) >= 11 is 0. The molecule has 0 bridgehead atoms. The Hall–Kier alpha value is -0.740. The highest BCUT2D eigenvalue weighted by Gasteiger charge is 2.30. The lowest BCUT2D eigenvalue weighted by molar-refractivity contribution is -0.142. The highest BCUT2D eigenvalue weighted by molar-refractivity contribution is 5.92. The minimum absolute atomic E-state index is 0.333. The van der Waals surface area contributed by atoms with Crippen LogP contribution in [0.5, 0.6) is 0 Å². The van der Waals surface area contributed by atoms with Crippen LogP contribution in [0, 0.1) is 0 Å². The van der Waals surface area contributed by atoms with Crippen molar-refractivity contribution in [2.75, 3.05) is 0 Å². The molecule has 0 radical (unpaired) electrons. The van der Waals surface area contributed by atoms with Crippen molar-refractivity contribution < 1.29 is 19.8 Å². The molecule has 4 nitrogen and oxygen atoms in total. The van der Waals surface area contributed by atoms with Gasteiger partial charge in [0, 0.05) is 6.42 Å². The smallest absolute Gasteiger partial charge is 0.164 e. The third-order valence-electron chi connectivity index (χ3n) is 1.74. The van der Waals surface area contributed by atoms with Gasteiger partial charge in [0.1, 0.15) is 11.7 Å². The first kappa shape index (κ1) is 11.3. The third-order valence-corrected chi connectivity index (χ3v) is 1.74. The molecule has 0 saturated heterocycles. The number of hydrogen-bond acceptors (Lipinski definition) is 4. The van der Waals surface area contributed by atoms with Crippen LogP contribution < -0.4 is 0 Å². The van der Waals surface area contributed by atoms with Crippen molar-refractivity contribution in [3.63, 3.8) is 0 Å². The fourth-order valence-corrected chi connectivity index (χ4v) is 0.611. The molecule has 2 N–H and O–H groups in total.